The van der Waals surface area contributed by atoms with Gasteiger partial charge in [0.2, 0.25) is 0 Å². The Bertz CT molecular complexity index is 1400. The summed E-state index contributed by atoms with van der Waals surface area (Å²) in [5.41, 5.74) is 2.24. The zero-order valence-corrected chi connectivity index (χ0v) is 17.5. The number of H-pyrrole nitrogens is 1. The van der Waals surface area contributed by atoms with Gasteiger partial charge in [0.15, 0.2) is 23.1 Å². The lowest BCUT2D eigenvalue weighted by molar-refractivity contribution is 0.274. The minimum atomic E-state index is -0.420. The molecule has 0 radical (unpaired) electrons. The number of nitrogens with one attached hydrogen (secondary N) is 1. The van der Waals surface area contributed by atoms with Gasteiger partial charge in [0, 0.05) is 34.2 Å². The fourth-order valence-electron chi connectivity index (χ4n) is 3.57. The number of pyridine rings is 1. The van der Waals surface area contributed by atoms with Gasteiger partial charge in [-0.25, -0.2) is 14.1 Å². The SMILES string of the molecule is COc1cc2c(Oc3ccc4[nH]c(C)cc4c3F)ccnc2cc1OCCn1cncn1. The summed E-state index contributed by atoms with van der Waals surface area (Å²) in [5.74, 6) is 1.24. The maximum absolute atomic E-state index is 15.0. The predicted octanol–water partition coefficient (Wildman–Crippen LogP) is 4.64. The van der Waals surface area contributed by atoms with Gasteiger partial charge in [0.05, 0.1) is 19.2 Å². The van der Waals surface area contributed by atoms with E-state index < -0.39 is 5.82 Å². The second-order valence-corrected chi connectivity index (χ2v) is 7.23. The third-order valence-electron chi connectivity index (χ3n) is 5.09. The Morgan fingerprint density at radius 3 is 2.75 bits per heavy atom. The lowest BCUT2D eigenvalue weighted by Gasteiger charge is -2.14. The maximum Gasteiger partial charge on any atom is 0.175 e. The van der Waals surface area contributed by atoms with Crippen molar-refractivity contribution in [2.24, 2.45) is 0 Å². The molecule has 0 saturated heterocycles. The van der Waals surface area contributed by atoms with E-state index in [1.807, 2.05) is 6.92 Å². The normalized spacial score (nSPS) is 11.2. The molecule has 0 aliphatic rings. The number of methoxy groups -OCH3 is 1. The van der Waals surface area contributed by atoms with Gasteiger partial charge in [-0.1, -0.05) is 0 Å². The lowest BCUT2D eigenvalue weighted by Crippen LogP contribution is -2.09. The second-order valence-electron chi connectivity index (χ2n) is 7.23. The van der Waals surface area contributed by atoms with Crippen LogP contribution in [0.15, 0.2) is 55.2 Å². The highest BCUT2D eigenvalue weighted by Gasteiger charge is 2.15. The highest BCUT2D eigenvalue weighted by Crippen LogP contribution is 2.38. The number of aromatic amines is 1. The fraction of sp³-hybridized carbons (Fsp3) is 0.174. The van der Waals surface area contributed by atoms with Crippen LogP contribution in [-0.4, -0.2) is 38.4 Å². The molecule has 0 saturated carbocycles. The molecule has 0 aliphatic carbocycles. The first-order chi connectivity index (χ1) is 15.6. The molecule has 1 N–H and O–H groups in total. The Kier molecular flexibility index (Phi) is 5.06. The van der Waals surface area contributed by atoms with Crippen molar-refractivity contribution in [2.45, 2.75) is 13.5 Å². The topological polar surface area (TPSA) is 87.1 Å². The Balaban J connectivity index is 1.46. The smallest absolute Gasteiger partial charge is 0.175 e. The Labute approximate surface area is 182 Å². The molecule has 162 valence electrons. The zero-order valence-electron chi connectivity index (χ0n) is 17.5. The molecule has 9 heteroatoms. The number of ether oxygens (including phenoxy) is 3. The summed E-state index contributed by atoms with van der Waals surface area (Å²) in [7, 11) is 1.56. The van der Waals surface area contributed by atoms with Crippen LogP contribution in [0.3, 0.4) is 0 Å². The van der Waals surface area contributed by atoms with Crippen molar-refractivity contribution in [2.75, 3.05) is 13.7 Å². The molecule has 0 spiro atoms. The monoisotopic (exact) mass is 433 g/mol. The van der Waals surface area contributed by atoms with Crippen molar-refractivity contribution in [1.29, 1.82) is 0 Å². The highest BCUT2D eigenvalue weighted by atomic mass is 19.1. The first kappa shape index (κ1) is 19.8. The number of aromatic nitrogens is 5. The molecule has 3 heterocycles. The molecule has 3 aromatic heterocycles. The molecule has 5 rings (SSSR count). The van der Waals surface area contributed by atoms with E-state index in [2.05, 4.69) is 20.1 Å². The minimum Gasteiger partial charge on any atom is -0.493 e. The van der Waals surface area contributed by atoms with Crippen LogP contribution in [0.2, 0.25) is 0 Å². The molecule has 32 heavy (non-hydrogen) atoms. The number of fused-ring (bicyclic) bond motifs is 2. The van der Waals surface area contributed by atoms with Crippen molar-refractivity contribution in [3.05, 3.63) is 66.8 Å². The van der Waals surface area contributed by atoms with Crippen molar-refractivity contribution < 1.29 is 18.6 Å². The summed E-state index contributed by atoms with van der Waals surface area (Å²) in [6.07, 6.45) is 4.71. The van der Waals surface area contributed by atoms with E-state index in [0.717, 1.165) is 11.2 Å². The molecule has 0 bridgehead atoms. The average molecular weight is 433 g/mol. The van der Waals surface area contributed by atoms with E-state index in [1.54, 1.807) is 60.7 Å². The summed E-state index contributed by atoms with van der Waals surface area (Å²) in [6, 6.07) is 10.4. The summed E-state index contributed by atoms with van der Waals surface area (Å²) in [6.45, 7) is 2.80. The third-order valence-corrected chi connectivity index (χ3v) is 5.09. The number of aryl methyl sites for hydroxylation is 1. The molecular weight excluding hydrogens is 413 g/mol. The molecule has 0 unspecified atom stereocenters. The summed E-state index contributed by atoms with van der Waals surface area (Å²) >= 11 is 0. The number of rotatable bonds is 7. The van der Waals surface area contributed by atoms with Gasteiger partial charge >= 0.3 is 0 Å². The van der Waals surface area contributed by atoms with E-state index in [4.69, 9.17) is 14.2 Å². The van der Waals surface area contributed by atoms with Crippen molar-refractivity contribution in [3.63, 3.8) is 0 Å². The molecule has 0 aliphatic heterocycles. The summed E-state index contributed by atoms with van der Waals surface area (Å²) in [5, 5.41) is 5.22. The summed E-state index contributed by atoms with van der Waals surface area (Å²) < 4.78 is 34.0. The Hall–Kier alpha value is -4.14. The number of hydrogen-bond donors (Lipinski definition) is 1. The van der Waals surface area contributed by atoms with Crippen LogP contribution in [0.1, 0.15) is 5.69 Å². The van der Waals surface area contributed by atoms with Gasteiger partial charge in [-0.05, 0) is 37.3 Å². The molecule has 0 fully saturated rings. The van der Waals surface area contributed by atoms with Crippen LogP contribution in [0.4, 0.5) is 4.39 Å². The number of nitrogens with zero attached hydrogens (tertiary/aromatic N) is 4. The lowest BCUT2D eigenvalue weighted by atomic mass is 10.1. The molecule has 8 nitrogen and oxygen atoms in total. The Morgan fingerprint density at radius 1 is 1.03 bits per heavy atom. The predicted molar refractivity (Wildman–Crippen MR) is 117 cm³/mol. The first-order valence-corrected chi connectivity index (χ1v) is 10.00. The minimum absolute atomic E-state index is 0.135. The second kappa shape index (κ2) is 8.18. The molecule has 5 aromatic rings. The van der Waals surface area contributed by atoms with Gasteiger partial charge in [-0.15, -0.1) is 0 Å². The first-order valence-electron chi connectivity index (χ1n) is 10.00. The van der Waals surface area contributed by atoms with Gasteiger partial charge in [-0.3, -0.25) is 4.98 Å². The molecule has 0 amide bonds. The standard InChI is InChI=1S/C23H20FN5O3/c1-14-9-16-17(28-14)3-4-20(23(16)24)32-19-5-6-26-18-11-22(21(30-2)10-15(18)19)31-8-7-29-13-25-12-27-29/h3-6,9-13,28H,7-8H2,1-2H3. The quantitative estimate of drug-likeness (QED) is 0.403. The van der Waals surface area contributed by atoms with Gasteiger partial charge < -0.3 is 19.2 Å². The highest BCUT2D eigenvalue weighted by molar-refractivity contribution is 5.89. The van der Waals surface area contributed by atoms with Gasteiger partial charge in [0.1, 0.15) is 25.0 Å². The fourth-order valence-corrected chi connectivity index (χ4v) is 3.57. The molecule has 2 aromatic carbocycles. The van der Waals surface area contributed by atoms with Crippen LogP contribution < -0.4 is 14.2 Å². The van der Waals surface area contributed by atoms with Crippen LogP contribution in [0.5, 0.6) is 23.0 Å². The zero-order chi connectivity index (χ0) is 22.1. The van der Waals surface area contributed by atoms with Gasteiger partial charge in [-0.2, -0.15) is 5.10 Å². The van der Waals surface area contributed by atoms with Crippen LogP contribution >= 0.6 is 0 Å². The van der Waals surface area contributed by atoms with Crippen molar-refractivity contribution in [3.8, 4) is 23.0 Å². The summed E-state index contributed by atoms with van der Waals surface area (Å²) in [4.78, 5) is 11.4. The van der Waals surface area contributed by atoms with E-state index in [9.17, 15) is 0 Å². The van der Waals surface area contributed by atoms with E-state index in [-0.39, 0.29) is 5.75 Å². The number of hydrogen-bond acceptors (Lipinski definition) is 6. The van der Waals surface area contributed by atoms with Gasteiger partial charge in [0.25, 0.3) is 0 Å². The van der Waals surface area contributed by atoms with E-state index in [1.165, 1.54) is 6.33 Å². The average Bonchev–Trinajstić information content (AvgIpc) is 3.45. The van der Waals surface area contributed by atoms with Crippen molar-refractivity contribution in [1.82, 2.24) is 24.7 Å². The van der Waals surface area contributed by atoms with E-state index >= 15 is 4.39 Å². The van der Waals surface area contributed by atoms with Crippen LogP contribution in [0, 0.1) is 12.7 Å². The van der Waals surface area contributed by atoms with E-state index in [0.29, 0.717) is 46.7 Å². The third kappa shape index (κ3) is 3.68. The Morgan fingerprint density at radius 2 is 1.94 bits per heavy atom. The van der Waals surface area contributed by atoms with Crippen molar-refractivity contribution >= 4 is 21.8 Å². The molecule has 0 atom stereocenters. The maximum atomic E-state index is 15.0. The van der Waals surface area contributed by atoms with Crippen LogP contribution in [-0.2, 0) is 6.54 Å². The number of halogens is 1. The molecular formula is C23H20FN5O3. The van der Waals surface area contributed by atoms with Crippen LogP contribution in [0.25, 0.3) is 21.8 Å². The largest absolute Gasteiger partial charge is 0.493 e. The number of benzene rings is 2.